The Morgan fingerprint density at radius 1 is 1.09 bits per heavy atom. The smallest absolute Gasteiger partial charge is 0.246 e. The molecule has 0 bridgehead atoms. The fourth-order valence-electron chi connectivity index (χ4n) is 2.59. The lowest BCUT2D eigenvalue weighted by atomic mass is 10.1. The maximum absolute atomic E-state index is 11.1. The third kappa shape index (κ3) is 3.65. The molecular weight excluding hydrogens is 278 g/mol. The zero-order valence-electron chi connectivity index (χ0n) is 12.3. The minimum atomic E-state index is -0.526. The molecule has 2 N–H and O–H groups in total. The van der Waals surface area contributed by atoms with Crippen molar-refractivity contribution in [3.05, 3.63) is 65.7 Å². The van der Waals surface area contributed by atoms with E-state index in [4.69, 9.17) is 15.2 Å². The van der Waals surface area contributed by atoms with Gasteiger partial charge in [-0.1, -0.05) is 42.5 Å². The molecule has 1 heterocycles. The van der Waals surface area contributed by atoms with Gasteiger partial charge in [0, 0.05) is 6.42 Å². The zero-order valence-corrected chi connectivity index (χ0v) is 12.3. The normalized spacial score (nSPS) is 20.7. The largest absolute Gasteiger partial charge is 0.488 e. The molecule has 1 fully saturated rings. The SMILES string of the molecule is NC(=O)C1CC(Oc2ccc(Cc3ccccc3)cc2)CO1. The van der Waals surface area contributed by atoms with Crippen molar-refractivity contribution in [1.82, 2.24) is 0 Å². The van der Waals surface area contributed by atoms with Crippen LogP contribution in [0.25, 0.3) is 0 Å². The van der Waals surface area contributed by atoms with Crippen LogP contribution in [0.3, 0.4) is 0 Å². The molecule has 0 aliphatic carbocycles. The van der Waals surface area contributed by atoms with Crippen molar-refractivity contribution in [2.24, 2.45) is 5.73 Å². The van der Waals surface area contributed by atoms with Gasteiger partial charge in [-0.2, -0.15) is 0 Å². The Kier molecular flexibility index (Phi) is 4.39. The van der Waals surface area contributed by atoms with Gasteiger partial charge in [0.05, 0.1) is 6.61 Å². The minimum absolute atomic E-state index is 0.113. The van der Waals surface area contributed by atoms with Crippen LogP contribution in [0, 0.1) is 0 Å². The van der Waals surface area contributed by atoms with Gasteiger partial charge in [-0.25, -0.2) is 0 Å². The third-order valence-corrected chi connectivity index (χ3v) is 3.75. The standard InChI is InChI=1S/C18H19NO3/c19-18(20)17-11-16(12-21-17)22-15-8-6-14(7-9-15)10-13-4-2-1-3-5-13/h1-9,16-17H,10-12H2,(H2,19,20). The van der Waals surface area contributed by atoms with Crippen molar-refractivity contribution < 1.29 is 14.3 Å². The van der Waals surface area contributed by atoms with Crippen LogP contribution in [0.1, 0.15) is 17.5 Å². The lowest BCUT2D eigenvalue weighted by Gasteiger charge is -2.12. The molecule has 2 aromatic carbocycles. The van der Waals surface area contributed by atoms with E-state index in [0.717, 1.165) is 12.2 Å². The number of rotatable bonds is 5. The van der Waals surface area contributed by atoms with Gasteiger partial charge in [0.1, 0.15) is 18.0 Å². The number of primary amides is 1. The number of carbonyl (C=O) groups is 1. The Labute approximate surface area is 129 Å². The Bertz CT molecular complexity index is 625. The molecule has 3 rings (SSSR count). The van der Waals surface area contributed by atoms with Crippen LogP contribution in [0.5, 0.6) is 5.75 Å². The summed E-state index contributed by atoms with van der Waals surface area (Å²) < 4.78 is 11.1. The van der Waals surface area contributed by atoms with E-state index in [0.29, 0.717) is 13.0 Å². The second kappa shape index (κ2) is 6.62. The molecule has 2 aromatic rings. The first kappa shape index (κ1) is 14.6. The van der Waals surface area contributed by atoms with Crippen LogP contribution >= 0.6 is 0 Å². The fraction of sp³-hybridized carbons (Fsp3) is 0.278. The first-order valence-corrected chi connectivity index (χ1v) is 7.41. The molecule has 4 heteroatoms. The Balaban J connectivity index is 1.57. The van der Waals surface area contributed by atoms with E-state index >= 15 is 0 Å². The van der Waals surface area contributed by atoms with Crippen LogP contribution < -0.4 is 10.5 Å². The number of carbonyl (C=O) groups excluding carboxylic acids is 1. The number of amides is 1. The van der Waals surface area contributed by atoms with Gasteiger partial charge in [-0.3, -0.25) is 4.79 Å². The van der Waals surface area contributed by atoms with E-state index < -0.39 is 12.0 Å². The first-order valence-electron chi connectivity index (χ1n) is 7.41. The Morgan fingerprint density at radius 3 is 2.41 bits per heavy atom. The molecule has 0 spiro atoms. The van der Waals surface area contributed by atoms with E-state index in [-0.39, 0.29) is 6.10 Å². The third-order valence-electron chi connectivity index (χ3n) is 3.75. The summed E-state index contributed by atoms with van der Waals surface area (Å²) in [6.07, 6.45) is 0.776. The second-order valence-corrected chi connectivity index (χ2v) is 5.51. The highest BCUT2D eigenvalue weighted by Crippen LogP contribution is 2.21. The van der Waals surface area contributed by atoms with Gasteiger partial charge in [0.15, 0.2) is 0 Å². The summed E-state index contributed by atoms with van der Waals surface area (Å²) >= 11 is 0. The lowest BCUT2D eigenvalue weighted by Crippen LogP contribution is -2.28. The van der Waals surface area contributed by atoms with Gasteiger partial charge in [0.25, 0.3) is 0 Å². The molecule has 0 radical (unpaired) electrons. The summed E-state index contributed by atoms with van der Waals surface area (Å²) in [7, 11) is 0. The molecular formula is C18H19NO3. The summed E-state index contributed by atoms with van der Waals surface area (Å²) in [5.74, 6) is 0.361. The van der Waals surface area contributed by atoms with Gasteiger partial charge < -0.3 is 15.2 Å². The van der Waals surface area contributed by atoms with E-state index in [1.807, 2.05) is 30.3 Å². The zero-order chi connectivity index (χ0) is 15.4. The molecule has 2 unspecified atom stereocenters. The van der Waals surface area contributed by atoms with E-state index in [2.05, 4.69) is 24.3 Å². The van der Waals surface area contributed by atoms with Crippen molar-refractivity contribution in [2.45, 2.75) is 25.0 Å². The molecule has 2 atom stereocenters. The second-order valence-electron chi connectivity index (χ2n) is 5.51. The summed E-state index contributed by atoms with van der Waals surface area (Å²) in [6, 6.07) is 18.4. The summed E-state index contributed by atoms with van der Waals surface area (Å²) in [6.45, 7) is 0.402. The van der Waals surface area contributed by atoms with Crippen LogP contribution in [-0.2, 0) is 16.0 Å². The van der Waals surface area contributed by atoms with Crippen molar-refractivity contribution >= 4 is 5.91 Å². The molecule has 0 saturated carbocycles. The van der Waals surface area contributed by atoms with E-state index in [9.17, 15) is 4.79 Å². The van der Waals surface area contributed by atoms with Crippen molar-refractivity contribution in [3.8, 4) is 5.75 Å². The van der Waals surface area contributed by atoms with Crippen LogP contribution in [0.2, 0.25) is 0 Å². The molecule has 4 nitrogen and oxygen atoms in total. The van der Waals surface area contributed by atoms with Crippen molar-refractivity contribution in [1.29, 1.82) is 0 Å². The Hall–Kier alpha value is -2.33. The van der Waals surface area contributed by atoms with E-state index in [1.54, 1.807) is 0 Å². The average molecular weight is 297 g/mol. The summed E-state index contributed by atoms with van der Waals surface area (Å²) in [5, 5.41) is 0. The van der Waals surface area contributed by atoms with Crippen LogP contribution in [0.15, 0.2) is 54.6 Å². The molecule has 114 valence electrons. The van der Waals surface area contributed by atoms with Crippen LogP contribution in [0.4, 0.5) is 0 Å². The number of benzene rings is 2. The van der Waals surface area contributed by atoms with Crippen molar-refractivity contribution in [3.63, 3.8) is 0 Å². The summed E-state index contributed by atoms with van der Waals surface area (Å²) in [4.78, 5) is 11.1. The van der Waals surface area contributed by atoms with Gasteiger partial charge in [-0.05, 0) is 29.7 Å². The topological polar surface area (TPSA) is 61.6 Å². The van der Waals surface area contributed by atoms with Crippen molar-refractivity contribution in [2.75, 3.05) is 6.61 Å². The van der Waals surface area contributed by atoms with Gasteiger partial charge in [0.2, 0.25) is 5.91 Å². The highest BCUT2D eigenvalue weighted by Gasteiger charge is 2.30. The summed E-state index contributed by atoms with van der Waals surface area (Å²) in [5.41, 5.74) is 7.74. The quantitative estimate of drug-likeness (QED) is 0.921. The number of hydrogen-bond donors (Lipinski definition) is 1. The Morgan fingerprint density at radius 2 is 1.77 bits per heavy atom. The molecule has 1 amide bonds. The number of hydrogen-bond acceptors (Lipinski definition) is 3. The minimum Gasteiger partial charge on any atom is -0.488 e. The average Bonchev–Trinajstić information content (AvgIpc) is 2.99. The predicted octanol–water partition coefficient (Wildman–Crippen LogP) is 2.30. The maximum Gasteiger partial charge on any atom is 0.246 e. The maximum atomic E-state index is 11.1. The van der Waals surface area contributed by atoms with Gasteiger partial charge >= 0.3 is 0 Å². The first-order chi connectivity index (χ1) is 10.7. The number of ether oxygens (including phenoxy) is 2. The lowest BCUT2D eigenvalue weighted by molar-refractivity contribution is -0.126. The molecule has 1 saturated heterocycles. The molecule has 22 heavy (non-hydrogen) atoms. The highest BCUT2D eigenvalue weighted by atomic mass is 16.6. The van der Waals surface area contributed by atoms with Crippen LogP contribution in [-0.4, -0.2) is 24.7 Å². The van der Waals surface area contributed by atoms with E-state index in [1.165, 1.54) is 11.1 Å². The predicted molar refractivity (Wildman–Crippen MR) is 83.7 cm³/mol. The fourth-order valence-corrected chi connectivity index (χ4v) is 2.59. The van der Waals surface area contributed by atoms with Gasteiger partial charge in [-0.15, -0.1) is 0 Å². The molecule has 1 aliphatic rings. The monoisotopic (exact) mass is 297 g/mol. The molecule has 0 aromatic heterocycles. The highest BCUT2D eigenvalue weighted by molar-refractivity contribution is 5.79. The molecule has 1 aliphatic heterocycles. The number of nitrogens with two attached hydrogens (primary N) is 1.